The Hall–Kier alpha value is -1.71. The van der Waals surface area contributed by atoms with Crippen molar-refractivity contribution in [1.82, 2.24) is 10.6 Å². The summed E-state index contributed by atoms with van der Waals surface area (Å²) >= 11 is 1.96. The molecule has 0 aromatic heterocycles. The average Bonchev–Trinajstić information content (AvgIpc) is 2.41. The van der Waals surface area contributed by atoms with Gasteiger partial charge in [-0.1, -0.05) is 0 Å². The Balaban J connectivity index is 2.10. The molecule has 0 bridgehead atoms. The number of benzene rings is 1. The van der Waals surface area contributed by atoms with Gasteiger partial charge in [0, 0.05) is 34.7 Å². The number of piperidine rings is 1. The zero-order chi connectivity index (χ0) is 14.7. The van der Waals surface area contributed by atoms with E-state index in [4.69, 9.17) is 0 Å². The van der Waals surface area contributed by atoms with Crippen molar-refractivity contribution in [2.75, 3.05) is 6.54 Å². The predicted molar refractivity (Wildman–Crippen MR) is 79.3 cm³/mol. The van der Waals surface area contributed by atoms with E-state index >= 15 is 0 Å². The first-order valence-corrected chi connectivity index (χ1v) is 7.07. The number of hydrogen-bond acceptors (Lipinski definition) is 4. The van der Waals surface area contributed by atoms with Crippen LogP contribution in [0.2, 0.25) is 0 Å². The summed E-state index contributed by atoms with van der Waals surface area (Å²) in [4.78, 5) is 33.4. The van der Waals surface area contributed by atoms with E-state index in [0.29, 0.717) is 23.0 Å². The SMILES string of the molecule is O=C1CCC(NC(=O)c2cc([N+](=O)[O-])ccc2I)CN1. The standard InChI is InChI=1S/C12H12IN3O4/c13-10-3-2-8(16(19)20)5-9(10)12(18)15-7-1-4-11(17)14-6-7/h2-3,5,7H,1,4,6H2,(H,14,17)(H,15,18). The van der Waals surface area contributed by atoms with Gasteiger partial charge in [-0.2, -0.15) is 0 Å². The van der Waals surface area contributed by atoms with E-state index in [1.165, 1.54) is 18.2 Å². The Morgan fingerprint density at radius 3 is 2.85 bits per heavy atom. The van der Waals surface area contributed by atoms with Crippen LogP contribution in [0.3, 0.4) is 0 Å². The molecule has 1 atom stereocenters. The zero-order valence-electron chi connectivity index (χ0n) is 10.4. The van der Waals surface area contributed by atoms with Crippen LogP contribution in [0.15, 0.2) is 18.2 Å². The summed E-state index contributed by atoms with van der Waals surface area (Å²) < 4.78 is 0.644. The third-order valence-electron chi connectivity index (χ3n) is 3.01. The fourth-order valence-corrected chi connectivity index (χ4v) is 2.50. The molecule has 1 aliphatic heterocycles. The number of amides is 2. The Kier molecular flexibility index (Phi) is 4.53. The molecule has 1 heterocycles. The lowest BCUT2D eigenvalue weighted by Gasteiger charge is -2.23. The number of nitro groups is 1. The molecule has 1 saturated heterocycles. The van der Waals surface area contributed by atoms with E-state index in [2.05, 4.69) is 10.6 Å². The van der Waals surface area contributed by atoms with Gasteiger partial charge in [0.2, 0.25) is 5.91 Å². The van der Waals surface area contributed by atoms with Crippen molar-refractivity contribution in [3.8, 4) is 0 Å². The van der Waals surface area contributed by atoms with Crippen LogP contribution in [-0.4, -0.2) is 29.3 Å². The molecule has 106 valence electrons. The Morgan fingerprint density at radius 1 is 1.50 bits per heavy atom. The summed E-state index contributed by atoms with van der Waals surface area (Å²) in [5.41, 5.74) is 0.157. The minimum Gasteiger partial charge on any atom is -0.354 e. The summed E-state index contributed by atoms with van der Waals surface area (Å²) in [6.07, 6.45) is 0.944. The fraction of sp³-hybridized carbons (Fsp3) is 0.333. The van der Waals surface area contributed by atoms with Crippen LogP contribution in [0.1, 0.15) is 23.2 Å². The molecule has 20 heavy (non-hydrogen) atoms. The number of nitrogens with one attached hydrogen (secondary N) is 2. The first-order valence-electron chi connectivity index (χ1n) is 5.99. The number of rotatable bonds is 3. The van der Waals surface area contributed by atoms with E-state index < -0.39 is 4.92 Å². The van der Waals surface area contributed by atoms with Crippen molar-refractivity contribution in [2.45, 2.75) is 18.9 Å². The van der Waals surface area contributed by atoms with Gasteiger partial charge in [0.1, 0.15) is 0 Å². The first-order chi connectivity index (χ1) is 9.47. The molecule has 0 saturated carbocycles. The number of carbonyl (C=O) groups is 2. The highest BCUT2D eigenvalue weighted by atomic mass is 127. The molecule has 0 aliphatic carbocycles. The van der Waals surface area contributed by atoms with E-state index in [0.717, 1.165) is 0 Å². The van der Waals surface area contributed by atoms with Crippen LogP contribution >= 0.6 is 22.6 Å². The van der Waals surface area contributed by atoms with Gasteiger partial charge < -0.3 is 10.6 Å². The summed E-state index contributed by atoms with van der Waals surface area (Å²) in [6.45, 7) is 0.385. The molecule has 7 nitrogen and oxygen atoms in total. The maximum Gasteiger partial charge on any atom is 0.270 e. The second kappa shape index (κ2) is 6.16. The van der Waals surface area contributed by atoms with Crippen LogP contribution < -0.4 is 10.6 Å². The minimum atomic E-state index is -0.534. The molecule has 2 N–H and O–H groups in total. The number of halogens is 1. The van der Waals surface area contributed by atoms with Gasteiger partial charge in [-0.25, -0.2) is 0 Å². The summed E-state index contributed by atoms with van der Waals surface area (Å²) in [5.74, 6) is -0.389. The van der Waals surface area contributed by atoms with Gasteiger partial charge >= 0.3 is 0 Å². The lowest BCUT2D eigenvalue weighted by molar-refractivity contribution is -0.384. The van der Waals surface area contributed by atoms with Crippen molar-refractivity contribution < 1.29 is 14.5 Å². The third kappa shape index (κ3) is 3.44. The van der Waals surface area contributed by atoms with Crippen LogP contribution in [0.5, 0.6) is 0 Å². The number of nitrogens with zero attached hydrogens (tertiary/aromatic N) is 1. The predicted octanol–water partition coefficient (Wildman–Crippen LogP) is 1.21. The van der Waals surface area contributed by atoms with Gasteiger partial charge in [0.05, 0.1) is 10.5 Å². The van der Waals surface area contributed by atoms with Gasteiger partial charge in [-0.3, -0.25) is 19.7 Å². The van der Waals surface area contributed by atoms with Gasteiger partial charge in [0.15, 0.2) is 0 Å². The smallest absolute Gasteiger partial charge is 0.270 e. The molecule has 1 aromatic carbocycles. The molecular formula is C12H12IN3O4. The maximum absolute atomic E-state index is 12.1. The van der Waals surface area contributed by atoms with Crippen molar-refractivity contribution in [2.24, 2.45) is 0 Å². The van der Waals surface area contributed by atoms with E-state index in [9.17, 15) is 19.7 Å². The van der Waals surface area contributed by atoms with Crippen LogP contribution in [0.25, 0.3) is 0 Å². The van der Waals surface area contributed by atoms with E-state index in [1.807, 2.05) is 22.6 Å². The molecule has 2 rings (SSSR count). The largest absolute Gasteiger partial charge is 0.354 e. The monoisotopic (exact) mass is 389 g/mol. The maximum atomic E-state index is 12.1. The van der Waals surface area contributed by atoms with Crippen molar-refractivity contribution in [3.05, 3.63) is 37.4 Å². The molecule has 0 radical (unpaired) electrons. The van der Waals surface area contributed by atoms with Crippen molar-refractivity contribution in [3.63, 3.8) is 0 Å². The summed E-state index contributed by atoms with van der Waals surface area (Å²) in [7, 11) is 0. The Bertz CT molecular complexity index is 566. The quantitative estimate of drug-likeness (QED) is 0.461. The van der Waals surface area contributed by atoms with Crippen LogP contribution in [0, 0.1) is 13.7 Å². The number of nitro benzene ring substituents is 1. The molecule has 1 aliphatic rings. The second-order valence-electron chi connectivity index (χ2n) is 4.43. The van der Waals surface area contributed by atoms with E-state index in [-0.39, 0.29) is 29.1 Å². The first kappa shape index (κ1) is 14.7. The number of carbonyl (C=O) groups excluding carboxylic acids is 2. The lowest BCUT2D eigenvalue weighted by Crippen LogP contribution is -2.47. The highest BCUT2D eigenvalue weighted by molar-refractivity contribution is 14.1. The Morgan fingerprint density at radius 2 is 2.25 bits per heavy atom. The number of hydrogen-bond donors (Lipinski definition) is 2. The summed E-state index contributed by atoms with van der Waals surface area (Å²) in [5, 5.41) is 16.2. The molecule has 1 unspecified atom stereocenters. The zero-order valence-corrected chi connectivity index (χ0v) is 12.5. The van der Waals surface area contributed by atoms with Gasteiger partial charge in [0.25, 0.3) is 11.6 Å². The van der Waals surface area contributed by atoms with Crippen molar-refractivity contribution in [1.29, 1.82) is 0 Å². The minimum absolute atomic E-state index is 0.0274. The van der Waals surface area contributed by atoms with E-state index in [1.54, 1.807) is 0 Å². The highest BCUT2D eigenvalue weighted by Crippen LogP contribution is 2.19. The molecular weight excluding hydrogens is 377 g/mol. The second-order valence-corrected chi connectivity index (χ2v) is 5.60. The normalized spacial score (nSPS) is 18.2. The molecule has 2 amide bonds. The van der Waals surface area contributed by atoms with Crippen LogP contribution in [0.4, 0.5) is 5.69 Å². The third-order valence-corrected chi connectivity index (χ3v) is 3.95. The van der Waals surface area contributed by atoms with Gasteiger partial charge in [-0.15, -0.1) is 0 Å². The van der Waals surface area contributed by atoms with Crippen LogP contribution in [-0.2, 0) is 4.79 Å². The molecule has 8 heteroatoms. The molecule has 1 aromatic rings. The fourth-order valence-electron chi connectivity index (χ4n) is 1.92. The van der Waals surface area contributed by atoms with Crippen molar-refractivity contribution >= 4 is 40.1 Å². The Labute approximate surface area is 128 Å². The highest BCUT2D eigenvalue weighted by Gasteiger charge is 2.22. The topological polar surface area (TPSA) is 101 Å². The summed E-state index contributed by atoms with van der Waals surface area (Å²) in [6, 6.07) is 4.02. The molecule has 0 spiro atoms. The van der Waals surface area contributed by atoms with Gasteiger partial charge in [-0.05, 0) is 35.1 Å². The number of non-ortho nitro benzene ring substituents is 1. The molecule has 1 fully saturated rings. The lowest BCUT2D eigenvalue weighted by atomic mass is 10.1. The average molecular weight is 389 g/mol.